The van der Waals surface area contributed by atoms with Crippen molar-refractivity contribution in [3.8, 4) is 0 Å². The monoisotopic (exact) mass is 238 g/mol. The summed E-state index contributed by atoms with van der Waals surface area (Å²) in [7, 11) is 0. The van der Waals surface area contributed by atoms with E-state index in [0.717, 1.165) is 13.1 Å². The lowest BCUT2D eigenvalue weighted by Crippen LogP contribution is -2.30. The van der Waals surface area contributed by atoms with Crippen molar-refractivity contribution in [1.29, 1.82) is 0 Å². The highest BCUT2D eigenvalue weighted by atomic mass is 19.1. The van der Waals surface area contributed by atoms with Crippen LogP contribution >= 0.6 is 0 Å². The van der Waals surface area contributed by atoms with Gasteiger partial charge in [0.15, 0.2) is 0 Å². The number of nitrogens with zero attached hydrogens (tertiary/aromatic N) is 3. The molecule has 2 rings (SSSR count). The largest absolute Gasteiger partial charge is 0.369 e. The van der Waals surface area contributed by atoms with Gasteiger partial charge in [0, 0.05) is 19.2 Å². The minimum absolute atomic E-state index is 0.489. The number of hydrogen-bond acceptors (Lipinski definition) is 4. The van der Waals surface area contributed by atoms with Crippen LogP contribution in [-0.2, 0) is 0 Å². The van der Waals surface area contributed by atoms with Gasteiger partial charge < -0.3 is 10.2 Å². The summed E-state index contributed by atoms with van der Waals surface area (Å²) in [6.07, 6.45) is 6.52. The van der Waals surface area contributed by atoms with Crippen LogP contribution in [0.3, 0.4) is 0 Å². The molecule has 5 heteroatoms. The first-order valence-corrected chi connectivity index (χ1v) is 6.28. The first-order chi connectivity index (χ1) is 8.34. The minimum atomic E-state index is -0.489. The number of halogens is 1. The van der Waals surface area contributed by atoms with Crippen LogP contribution in [0, 0.1) is 5.95 Å². The standard InChI is InChI=1S/C12H19FN4/c13-11-9-12(16-10-15-11)14-5-8-17-6-3-1-2-4-7-17/h9-10H,1-8H2,(H,14,15,16). The van der Waals surface area contributed by atoms with E-state index >= 15 is 0 Å². The van der Waals surface area contributed by atoms with Crippen LogP contribution in [0.4, 0.5) is 10.2 Å². The van der Waals surface area contributed by atoms with Crippen LogP contribution in [-0.4, -0.2) is 41.0 Å². The molecule has 0 atom stereocenters. The summed E-state index contributed by atoms with van der Waals surface area (Å²) >= 11 is 0. The topological polar surface area (TPSA) is 41.0 Å². The van der Waals surface area contributed by atoms with Crippen molar-refractivity contribution in [2.75, 3.05) is 31.5 Å². The molecule has 1 aliphatic rings. The van der Waals surface area contributed by atoms with E-state index in [2.05, 4.69) is 20.2 Å². The van der Waals surface area contributed by atoms with Crippen LogP contribution in [0.25, 0.3) is 0 Å². The fraction of sp³-hybridized carbons (Fsp3) is 0.667. The number of nitrogens with one attached hydrogen (secondary N) is 1. The van der Waals surface area contributed by atoms with Crippen molar-refractivity contribution >= 4 is 5.82 Å². The molecular weight excluding hydrogens is 219 g/mol. The van der Waals surface area contributed by atoms with Gasteiger partial charge in [-0.25, -0.2) is 9.97 Å². The second kappa shape index (κ2) is 6.49. The summed E-state index contributed by atoms with van der Waals surface area (Å²) < 4.78 is 12.8. The van der Waals surface area contributed by atoms with E-state index in [1.807, 2.05) is 0 Å². The van der Waals surface area contributed by atoms with E-state index in [9.17, 15) is 4.39 Å². The van der Waals surface area contributed by atoms with Crippen LogP contribution in [0.5, 0.6) is 0 Å². The normalized spacial score (nSPS) is 17.7. The van der Waals surface area contributed by atoms with E-state index in [0.29, 0.717) is 5.82 Å². The van der Waals surface area contributed by atoms with Gasteiger partial charge in [-0.1, -0.05) is 12.8 Å². The number of hydrogen-bond donors (Lipinski definition) is 1. The van der Waals surface area contributed by atoms with Crippen LogP contribution in [0.1, 0.15) is 25.7 Å². The van der Waals surface area contributed by atoms with Crippen LogP contribution in [0.15, 0.2) is 12.4 Å². The van der Waals surface area contributed by atoms with Gasteiger partial charge in [0.1, 0.15) is 12.1 Å². The molecule has 0 spiro atoms. The molecule has 1 aromatic heterocycles. The zero-order chi connectivity index (χ0) is 11.9. The SMILES string of the molecule is Fc1cc(NCCN2CCCCCC2)ncn1. The third-order valence-electron chi connectivity index (χ3n) is 3.07. The summed E-state index contributed by atoms with van der Waals surface area (Å²) in [6.45, 7) is 4.15. The zero-order valence-corrected chi connectivity index (χ0v) is 10.0. The second-order valence-electron chi connectivity index (χ2n) is 4.41. The van der Waals surface area contributed by atoms with Gasteiger partial charge in [-0.3, -0.25) is 0 Å². The molecule has 1 N–H and O–H groups in total. The Kier molecular flexibility index (Phi) is 4.67. The molecule has 17 heavy (non-hydrogen) atoms. The Morgan fingerprint density at radius 1 is 1.18 bits per heavy atom. The molecule has 0 saturated carbocycles. The Morgan fingerprint density at radius 3 is 2.65 bits per heavy atom. The summed E-state index contributed by atoms with van der Waals surface area (Å²) in [5.41, 5.74) is 0. The fourth-order valence-electron chi connectivity index (χ4n) is 2.13. The highest BCUT2D eigenvalue weighted by Gasteiger charge is 2.08. The Balaban J connectivity index is 1.71. The quantitative estimate of drug-likeness (QED) is 0.813. The van der Waals surface area contributed by atoms with E-state index in [4.69, 9.17) is 0 Å². The molecule has 0 aliphatic carbocycles. The molecule has 1 aromatic rings. The third kappa shape index (κ3) is 4.26. The Bertz CT molecular complexity index is 337. The third-order valence-corrected chi connectivity index (χ3v) is 3.07. The lowest BCUT2D eigenvalue weighted by molar-refractivity contribution is 0.296. The first-order valence-electron chi connectivity index (χ1n) is 6.28. The van der Waals surface area contributed by atoms with Gasteiger partial charge in [0.2, 0.25) is 5.95 Å². The molecule has 0 bridgehead atoms. The number of rotatable bonds is 4. The predicted octanol–water partition coefficient (Wildman–Crippen LogP) is 1.90. The highest BCUT2D eigenvalue weighted by Crippen LogP contribution is 2.09. The number of aromatic nitrogens is 2. The fourth-order valence-corrected chi connectivity index (χ4v) is 2.13. The predicted molar refractivity (Wildman–Crippen MR) is 65.4 cm³/mol. The zero-order valence-electron chi connectivity index (χ0n) is 10.0. The molecule has 94 valence electrons. The van der Waals surface area contributed by atoms with Crippen molar-refractivity contribution < 1.29 is 4.39 Å². The van der Waals surface area contributed by atoms with Gasteiger partial charge in [0.25, 0.3) is 0 Å². The molecule has 2 heterocycles. The molecule has 0 unspecified atom stereocenters. The molecule has 1 aliphatic heterocycles. The number of likely N-dealkylation sites (tertiary alicyclic amines) is 1. The van der Waals surface area contributed by atoms with Crippen molar-refractivity contribution in [2.45, 2.75) is 25.7 Å². The van der Waals surface area contributed by atoms with Crippen LogP contribution < -0.4 is 5.32 Å². The Hall–Kier alpha value is -1.23. The van der Waals surface area contributed by atoms with Gasteiger partial charge in [0.05, 0.1) is 0 Å². The van der Waals surface area contributed by atoms with E-state index in [1.54, 1.807) is 0 Å². The molecule has 0 aromatic carbocycles. The maximum absolute atomic E-state index is 12.8. The van der Waals surface area contributed by atoms with Crippen molar-refractivity contribution in [2.24, 2.45) is 0 Å². The summed E-state index contributed by atoms with van der Waals surface area (Å²) in [4.78, 5) is 9.84. The Labute approximate surface area is 101 Å². The number of anilines is 1. The average molecular weight is 238 g/mol. The maximum atomic E-state index is 12.8. The Morgan fingerprint density at radius 2 is 1.94 bits per heavy atom. The summed E-state index contributed by atoms with van der Waals surface area (Å²) in [5, 5.41) is 3.12. The minimum Gasteiger partial charge on any atom is -0.369 e. The molecule has 4 nitrogen and oxygen atoms in total. The van der Waals surface area contributed by atoms with E-state index in [1.165, 1.54) is 51.2 Å². The molecule has 1 fully saturated rings. The van der Waals surface area contributed by atoms with Gasteiger partial charge in [-0.15, -0.1) is 0 Å². The maximum Gasteiger partial charge on any atom is 0.217 e. The smallest absolute Gasteiger partial charge is 0.217 e. The van der Waals surface area contributed by atoms with Crippen molar-refractivity contribution in [3.05, 3.63) is 18.3 Å². The lowest BCUT2D eigenvalue weighted by Gasteiger charge is -2.19. The van der Waals surface area contributed by atoms with Crippen LogP contribution in [0.2, 0.25) is 0 Å². The van der Waals surface area contributed by atoms with Gasteiger partial charge in [-0.05, 0) is 25.9 Å². The average Bonchev–Trinajstić information content (AvgIpc) is 2.58. The molecule has 0 radical (unpaired) electrons. The first kappa shape index (κ1) is 12.2. The molecule has 1 saturated heterocycles. The summed E-state index contributed by atoms with van der Waals surface area (Å²) in [5.74, 6) is 0.0737. The lowest BCUT2D eigenvalue weighted by atomic mass is 10.2. The summed E-state index contributed by atoms with van der Waals surface area (Å²) in [6, 6.07) is 1.32. The van der Waals surface area contributed by atoms with Crippen molar-refractivity contribution in [1.82, 2.24) is 14.9 Å². The van der Waals surface area contributed by atoms with Gasteiger partial charge >= 0.3 is 0 Å². The second-order valence-corrected chi connectivity index (χ2v) is 4.41. The molecular formula is C12H19FN4. The van der Waals surface area contributed by atoms with Gasteiger partial charge in [-0.2, -0.15) is 4.39 Å². The van der Waals surface area contributed by atoms with Crippen molar-refractivity contribution in [3.63, 3.8) is 0 Å². The van der Waals surface area contributed by atoms with E-state index < -0.39 is 5.95 Å². The highest BCUT2D eigenvalue weighted by molar-refractivity contribution is 5.31. The molecule has 0 amide bonds. The van der Waals surface area contributed by atoms with E-state index in [-0.39, 0.29) is 0 Å².